The topological polar surface area (TPSA) is 73.9 Å². The van der Waals surface area contributed by atoms with Crippen LogP contribution in [0.25, 0.3) is 0 Å². The Kier molecular flexibility index (Phi) is 5.47. The molecule has 6 nitrogen and oxygen atoms in total. The number of rotatable bonds is 7. The van der Waals surface area contributed by atoms with Crippen LogP contribution in [0.2, 0.25) is 0 Å². The molecule has 23 heavy (non-hydrogen) atoms. The van der Waals surface area contributed by atoms with Crippen molar-refractivity contribution in [3.05, 3.63) is 41.8 Å². The number of thioether (sulfide) groups is 2. The van der Waals surface area contributed by atoms with Gasteiger partial charge >= 0.3 is 0 Å². The van der Waals surface area contributed by atoms with E-state index in [4.69, 9.17) is 9.26 Å². The van der Waals surface area contributed by atoms with Crippen molar-refractivity contribution in [2.75, 3.05) is 6.26 Å². The molecule has 2 heterocycles. The lowest BCUT2D eigenvalue weighted by Gasteiger charge is -2.01. The van der Waals surface area contributed by atoms with Crippen LogP contribution in [-0.4, -0.2) is 26.6 Å². The smallest absolute Gasteiger partial charge is 0.237 e. The maximum absolute atomic E-state index is 12.8. The molecule has 0 atom stereocenters. The van der Waals surface area contributed by atoms with Gasteiger partial charge in [-0.15, -0.1) is 10.2 Å². The van der Waals surface area contributed by atoms with Gasteiger partial charge in [-0.2, -0.15) is 4.98 Å². The molecule has 2 aromatic heterocycles. The van der Waals surface area contributed by atoms with Gasteiger partial charge in [0.25, 0.3) is 0 Å². The number of aromatic nitrogens is 4. The molecule has 0 radical (unpaired) electrons. The van der Waals surface area contributed by atoms with Crippen LogP contribution in [0.4, 0.5) is 4.39 Å². The standard InChI is InChI=1S/C13H11FN4O2S3/c1-21-12-16-17-13(23-12)22-7-11-15-10(18-20-11)6-19-9-4-2-8(14)3-5-9/h2-5H,6-7H2,1H3. The zero-order valence-electron chi connectivity index (χ0n) is 11.9. The van der Waals surface area contributed by atoms with E-state index >= 15 is 0 Å². The lowest BCUT2D eigenvalue weighted by Crippen LogP contribution is -1.97. The minimum atomic E-state index is -0.308. The fourth-order valence-electron chi connectivity index (χ4n) is 1.55. The van der Waals surface area contributed by atoms with Gasteiger partial charge in [-0.05, 0) is 30.5 Å². The Morgan fingerprint density at radius 2 is 2.00 bits per heavy atom. The first kappa shape index (κ1) is 16.2. The minimum Gasteiger partial charge on any atom is -0.485 e. The van der Waals surface area contributed by atoms with Gasteiger partial charge in [0.05, 0.1) is 5.75 Å². The number of hydrogen-bond acceptors (Lipinski definition) is 9. The summed E-state index contributed by atoms with van der Waals surface area (Å²) in [6.45, 7) is 0.162. The van der Waals surface area contributed by atoms with Crippen molar-refractivity contribution in [1.29, 1.82) is 0 Å². The lowest BCUT2D eigenvalue weighted by molar-refractivity contribution is 0.285. The summed E-state index contributed by atoms with van der Waals surface area (Å²) >= 11 is 4.58. The van der Waals surface area contributed by atoms with Crippen LogP contribution < -0.4 is 4.74 Å². The number of ether oxygens (including phenoxy) is 1. The van der Waals surface area contributed by atoms with E-state index in [1.54, 1.807) is 23.9 Å². The number of hydrogen-bond donors (Lipinski definition) is 0. The molecule has 0 bridgehead atoms. The molecule has 0 aliphatic rings. The summed E-state index contributed by atoms with van der Waals surface area (Å²) in [5.41, 5.74) is 0. The summed E-state index contributed by atoms with van der Waals surface area (Å²) < 4.78 is 25.2. The first-order chi connectivity index (χ1) is 11.2. The van der Waals surface area contributed by atoms with Crippen LogP contribution in [0.3, 0.4) is 0 Å². The quantitative estimate of drug-likeness (QED) is 0.584. The molecule has 3 aromatic rings. The highest BCUT2D eigenvalue weighted by Gasteiger charge is 2.10. The molecular weight excluding hydrogens is 359 g/mol. The van der Waals surface area contributed by atoms with Crippen LogP contribution in [0.1, 0.15) is 11.7 Å². The SMILES string of the molecule is CSc1nnc(SCc2nc(COc3ccc(F)cc3)no2)s1. The molecule has 0 fully saturated rings. The third-order valence-corrected chi connectivity index (χ3v) is 5.59. The molecule has 0 aliphatic heterocycles. The molecule has 0 N–H and O–H groups in total. The maximum Gasteiger partial charge on any atom is 0.237 e. The molecule has 0 saturated heterocycles. The zero-order chi connectivity index (χ0) is 16.1. The predicted molar refractivity (Wildman–Crippen MR) is 86.3 cm³/mol. The summed E-state index contributed by atoms with van der Waals surface area (Å²) in [6, 6.07) is 5.76. The average molecular weight is 370 g/mol. The van der Waals surface area contributed by atoms with Crippen LogP contribution >= 0.6 is 34.9 Å². The Morgan fingerprint density at radius 1 is 1.22 bits per heavy atom. The minimum absolute atomic E-state index is 0.162. The van der Waals surface area contributed by atoms with E-state index in [2.05, 4.69) is 20.3 Å². The molecule has 3 rings (SSSR count). The second-order valence-corrected chi connectivity index (χ2v) is 7.43. The van der Waals surface area contributed by atoms with Gasteiger partial charge in [0, 0.05) is 0 Å². The lowest BCUT2D eigenvalue weighted by atomic mass is 10.3. The zero-order valence-corrected chi connectivity index (χ0v) is 14.4. The second-order valence-electron chi connectivity index (χ2n) is 4.17. The van der Waals surface area contributed by atoms with Crippen molar-refractivity contribution in [3.8, 4) is 5.75 Å². The van der Waals surface area contributed by atoms with Crippen LogP contribution in [-0.2, 0) is 12.4 Å². The third kappa shape index (κ3) is 4.66. The van der Waals surface area contributed by atoms with Crippen molar-refractivity contribution >= 4 is 34.9 Å². The summed E-state index contributed by atoms with van der Waals surface area (Å²) in [4.78, 5) is 4.24. The predicted octanol–water partition coefficient (Wildman–Crippen LogP) is 3.65. The number of nitrogens with zero attached hydrogens (tertiary/aromatic N) is 4. The Bertz CT molecular complexity index is 763. The molecule has 0 unspecified atom stereocenters. The van der Waals surface area contributed by atoms with Crippen LogP contribution in [0.5, 0.6) is 5.75 Å². The maximum atomic E-state index is 12.8. The highest BCUT2D eigenvalue weighted by Crippen LogP contribution is 2.29. The highest BCUT2D eigenvalue weighted by molar-refractivity contribution is 8.02. The Hall–Kier alpha value is -1.65. The van der Waals surface area contributed by atoms with Crippen molar-refractivity contribution in [1.82, 2.24) is 20.3 Å². The van der Waals surface area contributed by atoms with Crippen LogP contribution in [0, 0.1) is 5.82 Å². The fourth-order valence-corrected chi connectivity index (χ4v) is 3.82. The van der Waals surface area contributed by atoms with Gasteiger partial charge in [0.15, 0.2) is 15.3 Å². The Balaban J connectivity index is 1.50. The van der Waals surface area contributed by atoms with E-state index in [1.807, 2.05) is 6.26 Å². The van der Waals surface area contributed by atoms with Crippen LogP contribution in [0.15, 0.2) is 37.5 Å². The molecule has 0 aliphatic carbocycles. The summed E-state index contributed by atoms with van der Waals surface area (Å²) in [5, 5.41) is 11.9. The Morgan fingerprint density at radius 3 is 2.74 bits per heavy atom. The number of benzene rings is 1. The van der Waals surface area contributed by atoms with E-state index in [1.165, 1.54) is 35.2 Å². The summed E-state index contributed by atoms with van der Waals surface area (Å²) in [7, 11) is 0. The van der Waals surface area contributed by atoms with E-state index in [0.717, 1.165) is 8.68 Å². The average Bonchev–Trinajstić information content (AvgIpc) is 3.21. The van der Waals surface area contributed by atoms with Crippen molar-refractivity contribution in [3.63, 3.8) is 0 Å². The van der Waals surface area contributed by atoms with E-state index in [9.17, 15) is 4.39 Å². The van der Waals surface area contributed by atoms with Crippen molar-refractivity contribution in [2.24, 2.45) is 0 Å². The third-order valence-electron chi connectivity index (χ3n) is 2.57. The van der Waals surface area contributed by atoms with Crippen molar-refractivity contribution < 1.29 is 13.7 Å². The van der Waals surface area contributed by atoms with Gasteiger partial charge in [0.2, 0.25) is 11.7 Å². The largest absolute Gasteiger partial charge is 0.485 e. The molecule has 0 saturated carbocycles. The normalized spacial score (nSPS) is 10.9. The molecule has 120 valence electrons. The monoisotopic (exact) mass is 370 g/mol. The number of halogens is 1. The molecule has 0 amide bonds. The molecule has 10 heteroatoms. The van der Waals surface area contributed by atoms with Gasteiger partial charge in [-0.3, -0.25) is 0 Å². The van der Waals surface area contributed by atoms with Gasteiger partial charge in [0.1, 0.15) is 11.6 Å². The van der Waals surface area contributed by atoms with E-state index < -0.39 is 0 Å². The van der Waals surface area contributed by atoms with Gasteiger partial charge < -0.3 is 9.26 Å². The van der Waals surface area contributed by atoms with Gasteiger partial charge in [-0.25, -0.2) is 4.39 Å². The van der Waals surface area contributed by atoms with E-state index in [-0.39, 0.29) is 12.4 Å². The second kappa shape index (κ2) is 7.75. The molecule has 0 spiro atoms. The summed E-state index contributed by atoms with van der Waals surface area (Å²) in [6.07, 6.45) is 1.96. The fraction of sp³-hybridized carbons (Fsp3) is 0.231. The first-order valence-electron chi connectivity index (χ1n) is 6.43. The Labute approximate surface area is 143 Å². The van der Waals surface area contributed by atoms with E-state index in [0.29, 0.717) is 23.2 Å². The first-order valence-corrected chi connectivity index (χ1v) is 9.46. The highest BCUT2D eigenvalue weighted by atomic mass is 32.2. The van der Waals surface area contributed by atoms with Gasteiger partial charge in [-0.1, -0.05) is 40.0 Å². The molecular formula is C13H11FN4O2S3. The molecule has 1 aromatic carbocycles. The van der Waals surface area contributed by atoms with Crippen molar-refractivity contribution in [2.45, 2.75) is 21.0 Å². The summed E-state index contributed by atoms with van der Waals surface area (Å²) in [5.74, 6) is 1.69.